The first-order valence-corrected chi connectivity index (χ1v) is 6.36. The minimum atomic E-state index is -0.678. The molecule has 0 bridgehead atoms. The molecule has 104 valence electrons. The SMILES string of the molecule is COc1ccc(CN(C)C)cc1NC(=O)C1(N)CC1. The molecule has 2 rings (SSSR count). The number of amides is 1. The molecule has 1 aromatic rings. The second-order valence-electron chi connectivity index (χ2n) is 5.38. The molecular formula is C14H21N3O2. The lowest BCUT2D eigenvalue weighted by Crippen LogP contribution is -2.37. The van der Waals surface area contributed by atoms with Crippen LogP contribution in [0.25, 0.3) is 0 Å². The molecule has 0 unspecified atom stereocenters. The predicted molar refractivity (Wildman–Crippen MR) is 75.2 cm³/mol. The van der Waals surface area contributed by atoms with E-state index in [1.807, 2.05) is 32.3 Å². The van der Waals surface area contributed by atoms with E-state index in [1.165, 1.54) is 0 Å². The van der Waals surface area contributed by atoms with Gasteiger partial charge in [-0.3, -0.25) is 4.79 Å². The van der Waals surface area contributed by atoms with Crippen molar-refractivity contribution in [2.24, 2.45) is 5.73 Å². The van der Waals surface area contributed by atoms with Gasteiger partial charge >= 0.3 is 0 Å². The first-order valence-electron chi connectivity index (χ1n) is 6.36. The van der Waals surface area contributed by atoms with Crippen LogP contribution in [-0.4, -0.2) is 37.6 Å². The monoisotopic (exact) mass is 263 g/mol. The zero-order valence-electron chi connectivity index (χ0n) is 11.7. The first-order chi connectivity index (χ1) is 8.94. The minimum Gasteiger partial charge on any atom is -0.495 e. The van der Waals surface area contributed by atoms with Gasteiger partial charge in [-0.25, -0.2) is 0 Å². The molecule has 5 nitrogen and oxygen atoms in total. The summed E-state index contributed by atoms with van der Waals surface area (Å²) in [7, 11) is 5.59. The molecule has 0 spiro atoms. The van der Waals surface area contributed by atoms with Crippen molar-refractivity contribution in [3.63, 3.8) is 0 Å². The number of carbonyl (C=O) groups excluding carboxylic acids is 1. The Morgan fingerprint density at radius 1 is 1.47 bits per heavy atom. The van der Waals surface area contributed by atoms with Crippen LogP contribution in [0.1, 0.15) is 18.4 Å². The Kier molecular flexibility index (Phi) is 3.78. The minimum absolute atomic E-state index is 0.132. The zero-order valence-corrected chi connectivity index (χ0v) is 11.7. The molecule has 3 N–H and O–H groups in total. The molecular weight excluding hydrogens is 242 g/mol. The van der Waals surface area contributed by atoms with Crippen molar-refractivity contribution in [2.75, 3.05) is 26.5 Å². The van der Waals surface area contributed by atoms with Gasteiger partial charge in [0.25, 0.3) is 0 Å². The summed E-state index contributed by atoms with van der Waals surface area (Å²) in [5.74, 6) is 0.521. The molecule has 1 aliphatic rings. The maximum absolute atomic E-state index is 12.0. The molecule has 0 radical (unpaired) electrons. The Morgan fingerprint density at radius 2 is 2.16 bits per heavy atom. The van der Waals surface area contributed by atoms with Crippen molar-refractivity contribution in [1.82, 2.24) is 4.90 Å². The normalized spacial score (nSPS) is 16.3. The maximum atomic E-state index is 12.0. The highest BCUT2D eigenvalue weighted by Gasteiger charge is 2.46. The van der Waals surface area contributed by atoms with E-state index in [2.05, 4.69) is 10.2 Å². The van der Waals surface area contributed by atoms with Gasteiger partial charge in [-0.2, -0.15) is 0 Å². The number of nitrogens with zero attached hydrogens (tertiary/aromatic N) is 1. The van der Waals surface area contributed by atoms with Crippen molar-refractivity contribution in [3.05, 3.63) is 23.8 Å². The second-order valence-corrected chi connectivity index (χ2v) is 5.38. The molecule has 5 heteroatoms. The van der Waals surface area contributed by atoms with Gasteiger partial charge in [0.15, 0.2) is 0 Å². The van der Waals surface area contributed by atoms with Crippen LogP contribution in [0.15, 0.2) is 18.2 Å². The van der Waals surface area contributed by atoms with Crippen LogP contribution < -0.4 is 15.8 Å². The van der Waals surface area contributed by atoms with E-state index >= 15 is 0 Å². The molecule has 0 heterocycles. The average molecular weight is 263 g/mol. The van der Waals surface area contributed by atoms with E-state index in [4.69, 9.17) is 10.5 Å². The van der Waals surface area contributed by atoms with Crippen LogP contribution in [0.3, 0.4) is 0 Å². The fourth-order valence-corrected chi connectivity index (χ4v) is 1.92. The van der Waals surface area contributed by atoms with Crippen LogP contribution in [0, 0.1) is 0 Å². The van der Waals surface area contributed by atoms with E-state index in [9.17, 15) is 4.79 Å². The van der Waals surface area contributed by atoms with E-state index in [1.54, 1.807) is 7.11 Å². The van der Waals surface area contributed by atoms with Gasteiger partial charge in [-0.15, -0.1) is 0 Å². The molecule has 1 saturated carbocycles. The number of ether oxygens (including phenoxy) is 1. The molecule has 0 saturated heterocycles. The molecule has 0 aromatic heterocycles. The third-order valence-corrected chi connectivity index (χ3v) is 3.25. The van der Waals surface area contributed by atoms with Crippen LogP contribution in [0.2, 0.25) is 0 Å². The summed E-state index contributed by atoms with van der Waals surface area (Å²) in [5.41, 5.74) is 7.01. The fraction of sp³-hybridized carbons (Fsp3) is 0.500. The van der Waals surface area contributed by atoms with Crippen molar-refractivity contribution in [2.45, 2.75) is 24.9 Å². The van der Waals surface area contributed by atoms with E-state index in [0.717, 1.165) is 24.9 Å². The third-order valence-electron chi connectivity index (χ3n) is 3.25. The van der Waals surface area contributed by atoms with Gasteiger partial charge < -0.3 is 20.7 Å². The summed E-state index contributed by atoms with van der Waals surface area (Å²) in [4.78, 5) is 14.1. The van der Waals surface area contributed by atoms with Gasteiger partial charge in [-0.05, 0) is 44.6 Å². The number of rotatable bonds is 5. The summed E-state index contributed by atoms with van der Waals surface area (Å²) >= 11 is 0. The predicted octanol–water partition coefficient (Wildman–Crippen LogP) is 1.19. The highest BCUT2D eigenvalue weighted by Crippen LogP contribution is 2.35. The average Bonchev–Trinajstić information content (AvgIpc) is 3.08. The highest BCUT2D eigenvalue weighted by molar-refractivity contribution is 6.01. The third kappa shape index (κ3) is 3.24. The molecule has 1 aromatic carbocycles. The smallest absolute Gasteiger partial charge is 0.244 e. The first kappa shape index (κ1) is 13.8. The quantitative estimate of drug-likeness (QED) is 0.837. The Hall–Kier alpha value is -1.59. The summed E-state index contributed by atoms with van der Waals surface area (Å²) in [5, 5.41) is 2.87. The van der Waals surface area contributed by atoms with E-state index in [-0.39, 0.29) is 5.91 Å². The fourth-order valence-electron chi connectivity index (χ4n) is 1.92. The number of nitrogens with two attached hydrogens (primary N) is 1. The molecule has 1 amide bonds. The summed E-state index contributed by atoms with van der Waals surface area (Å²) in [6.45, 7) is 0.806. The van der Waals surface area contributed by atoms with Crippen LogP contribution >= 0.6 is 0 Å². The number of nitrogens with one attached hydrogen (secondary N) is 1. The largest absolute Gasteiger partial charge is 0.495 e. The zero-order chi connectivity index (χ0) is 14.0. The molecule has 1 fully saturated rings. The number of anilines is 1. The van der Waals surface area contributed by atoms with Crippen molar-refractivity contribution in [1.29, 1.82) is 0 Å². The second kappa shape index (κ2) is 5.19. The number of hydrogen-bond donors (Lipinski definition) is 2. The Labute approximate surface area is 113 Å². The summed E-state index contributed by atoms with van der Waals surface area (Å²) in [6.07, 6.45) is 1.50. The lowest BCUT2D eigenvalue weighted by molar-refractivity contribution is -0.118. The lowest BCUT2D eigenvalue weighted by Gasteiger charge is -2.16. The van der Waals surface area contributed by atoms with Crippen LogP contribution in [0.5, 0.6) is 5.75 Å². The van der Waals surface area contributed by atoms with Crippen molar-refractivity contribution < 1.29 is 9.53 Å². The molecule has 0 atom stereocenters. The maximum Gasteiger partial charge on any atom is 0.244 e. The highest BCUT2D eigenvalue weighted by atomic mass is 16.5. The summed E-state index contributed by atoms with van der Waals surface area (Å²) in [6, 6.07) is 5.79. The summed E-state index contributed by atoms with van der Waals surface area (Å²) < 4.78 is 5.27. The van der Waals surface area contributed by atoms with Crippen molar-refractivity contribution in [3.8, 4) is 5.75 Å². The van der Waals surface area contributed by atoms with Gasteiger partial charge in [0.05, 0.1) is 18.3 Å². The number of hydrogen-bond acceptors (Lipinski definition) is 4. The van der Waals surface area contributed by atoms with Gasteiger partial charge in [0.2, 0.25) is 5.91 Å². The number of benzene rings is 1. The molecule has 19 heavy (non-hydrogen) atoms. The standard InChI is InChI=1S/C14H21N3O2/c1-17(2)9-10-4-5-12(19-3)11(8-10)16-13(18)14(15)6-7-14/h4-5,8H,6-7,9,15H2,1-3H3,(H,16,18). The molecule has 1 aliphatic carbocycles. The molecule has 0 aliphatic heterocycles. The Balaban J connectivity index is 2.18. The van der Waals surface area contributed by atoms with Crippen molar-refractivity contribution >= 4 is 11.6 Å². The van der Waals surface area contributed by atoms with E-state index in [0.29, 0.717) is 11.4 Å². The number of methoxy groups -OCH3 is 1. The lowest BCUT2D eigenvalue weighted by atomic mass is 10.1. The number of carbonyl (C=O) groups is 1. The van der Waals surface area contributed by atoms with E-state index < -0.39 is 5.54 Å². The van der Waals surface area contributed by atoms with Gasteiger partial charge in [-0.1, -0.05) is 6.07 Å². The van der Waals surface area contributed by atoms with Gasteiger partial charge in [0, 0.05) is 6.54 Å². The Bertz CT molecular complexity index is 482. The topological polar surface area (TPSA) is 67.6 Å². The van der Waals surface area contributed by atoms with Gasteiger partial charge in [0.1, 0.15) is 5.75 Å². The van der Waals surface area contributed by atoms with Crippen LogP contribution in [0.4, 0.5) is 5.69 Å². The van der Waals surface area contributed by atoms with Crippen LogP contribution in [-0.2, 0) is 11.3 Å². The Morgan fingerprint density at radius 3 is 2.68 bits per heavy atom.